The quantitative estimate of drug-likeness (QED) is 0.529. The molecule has 0 saturated carbocycles. The summed E-state index contributed by atoms with van der Waals surface area (Å²) in [7, 11) is 2.82. The number of ether oxygens (including phenoxy) is 3. The van der Waals surface area contributed by atoms with E-state index >= 15 is 0 Å². The number of carbonyl (C=O) groups excluding carboxylic acids is 2. The number of benzene rings is 1. The summed E-state index contributed by atoms with van der Waals surface area (Å²) in [5.74, 6) is -0.0294. The molecule has 24 heavy (non-hydrogen) atoms. The van der Waals surface area contributed by atoms with Gasteiger partial charge in [0.25, 0.3) is 0 Å². The van der Waals surface area contributed by atoms with Crippen LogP contribution in [-0.4, -0.2) is 37.0 Å². The Bertz CT molecular complexity index is 766. The van der Waals surface area contributed by atoms with E-state index in [1.165, 1.54) is 11.7 Å². The Hall–Kier alpha value is -2.03. The number of halogens is 1. The third-order valence-electron chi connectivity index (χ3n) is 3.23. The molecular formula is C17H18INO5. The molecule has 0 aliphatic rings. The summed E-state index contributed by atoms with van der Waals surface area (Å²) in [5.41, 5.74) is 1.31. The van der Waals surface area contributed by atoms with Crippen molar-refractivity contribution in [3.63, 3.8) is 0 Å². The number of aromatic nitrogens is 1. The highest BCUT2D eigenvalue weighted by molar-refractivity contribution is 14.1. The maximum Gasteiger partial charge on any atom is 0.419 e. The maximum atomic E-state index is 12.6. The van der Waals surface area contributed by atoms with Gasteiger partial charge in [0.2, 0.25) is 0 Å². The van der Waals surface area contributed by atoms with E-state index in [4.69, 9.17) is 14.2 Å². The Morgan fingerprint density at radius 2 is 1.83 bits per heavy atom. The van der Waals surface area contributed by atoms with Crippen LogP contribution in [0, 0.1) is 3.57 Å². The normalized spacial score (nSPS) is 10.6. The van der Waals surface area contributed by atoms with Gasteiger partial charge in [-0.05, 0) is 54.6 Å². The number of carbonyl (C=O) groups is 2. The molecule has 0 unspecified atom stereocenters. The molecule has 7 heteroatoms. The SMILES string of the molecule is COC(=O)c1cc(I)c(-c2ccccc2OC)n1C(=O)OC(C)C. The van der Waals surface area contributed by atoms with E-state index in [9.17, 15) is 9.59 Å². The van der Waals surface area contributed by atoms with Crippen LogP contribution < -0.4 is 4.74 Å². The van der Waals surface area contributed by atoms with E-state index in [1.54, 1.807) is 33.1 Å². The summed E-state index contributed by atoms with van der Waals surface area (Å²) in [6, 6.07) is 8.85. The Morgan fingerprint density at radius 3 is 2.42 bits per heavy atom. The lowest BCUT2D eigenvalue weighted by molar-refractivity contribution is 0.0582. The predicted octanol–water partition coefficient (Wildman–Crippen LogP) is 3.95. The summed E-state index contributed by atoms with van der Waals surface area (Å²) >= 11 is 2.07. The van der Waals surface area contributed by atoms with Gasteiger partial charge in [-0.3, -0.25) is 0 Å². The minimum atomic E-state index is -0.644. The van der Waals surface area contributed by atoms with Gasteiger partial charge in [-0.1, -0.05) is 12.1 Å². The van der Waals surface area contributed by atoms with Crippen molar-refractivity contribution in [2.45, 2.75) is 20.0 Å². The first-order chi connectivity index (χ1) is 11.4. The maximum absolute atomic E-state index is 12.6. The highest BCUT2D eigenvalue weighted by Crippen LogP contribution is 2.35. The lowest BCUT2D eigenvalue weighted by atomic mass is 10.1. The third-order valence-corrected chi connectivity index (χ3v) is 4.05. The van der Waals surface area contributed by atoms with Gasteiger partial charge in [0, 0.05) is 9.13 Å². The van der Waals surface area contributed by atoms with Crippen LogP contribution in [0.3, 0.4) is 0 Å². The van der Waals surface area contributed by atoms with E-state index < -0.39 is 12.1 Å². The van der Waals surface area contributed by atoms with Crippen molar-refractivity contribution in [3.8, 4) is 17.0 Å². The number of hydrogen-bond acceptors (Lipinski definition) is 5. The third kappa shape index (κ3) is 3.55. The smallest absolute Gasteiger partial charge is 0.419 e. The molecule has 1 aromatic heterocycles. The van der Waals surface area contributed by atoms with Gasteiger partial charge in [0.05, 0.1) is 26.0 Å². The molecule has 0 radical (unpaired) electrons. The molecule has 1 aromatic carbocycles. The minimum absolute atomic E-state index is 0.105. The average Bonchev–Trinajstić information content (AvgIpc) is 2.90. The predicted molar refractivity (Wildman–Crippen MR) is 97.5 cm³/mol. The number of methoxy groups -OCH3 is 2. The molecule has 0 N–H and O–H groups in total. The fourth-order valence-electron chi connectivity index (χ4n) is 2.27. The Balaban J connectivity index is 2.73. The molecule has 0 fully saturated rings. The zero-order chi connectivity index (χ0) is 17.9. The summed E-state index contributed by atoms with van der Waals surface area (Å²) in [4.78, 5) is 24.7. The van der Waals surface area contributed by atoms with Crippen LogP contribution in [-0.2, 0) is 9.47 Å². The highest BCUT2D eigenvalue weighted by atomic mass is 127. The van der Waals surface area contributed by atoms with Crippen molar-refractivity contribution < 1.29 is 23.8 Å². The minimum Gasteiger partial charge on any atom is -0.496 e. The molecule has 128 valence electrons. The number of rotatable bonds is 4. The van der Waals surface area contributed by atoms with E-state index in [0.29, 0.717) is 20.6 Å². The first-order valence-electron chi connectivity index (χ1n) is 7.24. The second-order valence-corrected chi connectivity index (χ2v) is 6.35. The molecule has 2 aromatic rings. The molecule has 0 bridgehead atoms. The van der Waals surface area contributed by atoms with E-state index in [2.05, 4.69) is 22.6 Å². The molecule has 0 saturated heterocycles. The van der Waals surface area contributed by atoms with Gasteiger partial charge < -0.3 is 14.2 Å². The number of nitrogens with zero attached hydrogens (tertiary/aromatic N) is 1. The first-order valence-corrected chi connectivity index (χ1v) is 8.32. The van der Waals surface area contributed by atoms with E-state index in [-0.39, 0.29) is 11.8 Å². The lowest BCUT2D eigenvalue weighted by Gasteiger charge is -2.15. The van der Waals surface area contributed by atoms with Gasteiger partial charge in [-0.2, -0.15) is 0 Å². The molecular weight excluding hydrogens is 425 g/mol. The largest absolute Gasteiger partial charge is 0.496 e. The van der Waals surface area contributed by atoms with Crippen molar-refractivity contribution in [2.24, 2.45) is 0 Å². The fraction of sp³-hybridized carbons (Fsp3) is 0.294. The summed E-state index contributed by atoms with van der Waals surface area (Å²) < 4.78 is 17.4. The van der Waals surface area contributed by atoms with Crippen LogP contribution in [0.5, 0.6) is 5.75 Å². The van der Waals surface area contributed by atoms with Gasteiger partial charge in [0.15, 0.2) is 0 Å². The first kappa shape index (κ1) is 18.3. The Kier molecular flexibility index (Phi) is 5.87. The Morgan fingerprint density at radius 1 is 1.17 bits per heavy atom. The standard InChI is InChI=1S/C17H18INO5/c1-10(2)24-17(21)19-13(16(20)23-4)9-12(18)15(19)11-7-5-6-8-14(11)22-3/h5-10H,1-4H3. The molecule has 6 nitrogen and oxygen atoms in total. The molecule has 0 aliphatic heterocycles. The van der Waals surface area contributed by atoms with Crippen molar-refractivity contribution in [2.75, 3.05) is 14.2 Å². The Labute approximate surface area is 153 Å². The molecule has 0 amide bonds. The molecule has 0 spiro atoms. The van der Waals surface area contributed by atoms with Crippen molar-refractivity contribution in [1.29, 1.82) is 0 Å². The van der Waals surface area contributed by atoms with Gasteiger partial charge in [0.1, 0.15) is 11.4 Å². The zero-order valence-corrected chi connectivity index (χ0v) is 16.0. The number of para-hydroxylation sites is 1. The van der Waals surface area contributed by atoms with Gasteiger partial charge in [-0.25, -0.2) is 14.2 Å². The van der Waals surface area contributed by atoms with Gasteiger partial charge >= 0.3 is 12.1 Å². The monoisotopic (exact) mass is 443 g/mol. The average molecular weight is 443 g/mol. The number of esters is 1. The van der Waals surface area contributed by atoms with Crippen LogP contribution in [0.25, 0.3) is 11.3 Å². The van der Waals surface area contributed by atoms with Crippen molar-refractivity contribution in [3.05, 3.63) is 39.6 Å². The second-order valence-electron chi connectivity index (χ2n) is 5.19. The van der Waals surface area contributed by atoms with Crippen molar-refractivity contribution >= 4 is 34.7 Å². The lowest BCUT2D eigenvalue weighted by Crippen LogP contribution is -2.23. The highest BCUT2D eigenvalue weighted by Gasteiger charge is 2.27. The summed E-state index contributed by atoms with van der Waals surface area (Å²) in [5, 5.41) is 0. The van der Waals surface area contributed by atoms with Gasteiger partial charge in [-0.15, -0.1) is 0 Å². The molecule has 1 heterocycles. The van der Waals surface area contributed by atoms with Crippen LogP contribution in [0.4, 0.5) is 4.79 Å². The van der Waals surface area contributed by atoms with E-state index in [0.717, 1.165) is 0 Å². The summed E-state index contributed by atoms with van der Waals surface area (Å²) in [6.07, 6.45) is -0.970. The van der Waals surface area contributed by atoms with Crippen LogP contribution in [0.1, 0.15) is 24.3 Å². The van der Waals surface area contributed by atoms with Crippen LogP contribution in [0.15, 0.2) is 30.3 Å². The van der Waals surface area contributed by atoms with Crippen molar-refractivity contribution in [1.82, 2.24) is 4.57 Å². The topological polar surface area (TPSA) is 66.8 Å². The fourth-order valence-corrected chi connectivity index (χ4v) is 3.10. The summed E-state index contributed by atoms with van der Waals surface area (Å²) in [6.45, 7) is 3.49. The second kappa shape index (κ2) is 7.69. The molecule has 0 aliphatic carbocycles. The molecule has 0 atom stereocenters. The van der Waals surface area contributed by atoms with Crippen LogP contribution in [0.2, 0.25) is 0 Å². The number of hydrogen-bond donors (Lipinski definition) is 0. The molecule has 2 rings (SSSR count). The van der Waals surface area contributed by atoms with E-state index in [1.807, 2.05) is 18.2 Å². The van der Waals surface area contributed by atoms with Crippen LogP contribution >= 0.6 is 22.6 Å². The zero-order valence-electron chi connectivity index (χ0n) is 13.8.